The number of nitrogens with one attached hydrogen (secondary N) is 1. The van der Waals surface area contributed by atoms with E-state index in [0.29, 0.717) is 11.6 Å². The highest BCUT2D eigenvalue weighted by Crippen LogP contribution is 2.18. The topological polar surface area (TPSA) is 63.8 Å². The maximum absolute atomic E-state index is 5.28. The van der Waals surface area contributed by atoms with Gasteiger partial charge in [-0.15, -0.1) is 0 Å². The van der Waals surface area contributed by atoms with Crippen LogP contribution < -0.4 is 11.3 Å². The molecule has 1 aromatic heterocycles. The van der Waals surface area contributed by atoms with Crippen molar-refractivity contribution in [1.82, 2.24) is 9.97 Å². The number of hydrazine groups is 1. The van der Waals surface area contributed by atoms with Crippen LogP contribution in [0.2, 0.25) is 0 Å². The Morgan fingerprint density at radius 1 is 1.27 bits per heavy atom. The molecule has 0 spiro atoms. The van der Waals surface area contributed by atoms with Gasteiger partial charge in [0, 0.05) is 21.4 Å². The van der Waals surface area contributed by atoms with Crippen LogP contribution in [0.4, 0.5) is 5.82 Å². The predicted octanol–water partition coefficient (Wildman–Crippen LogP) is 2.03. The summed E-state index contributed by atoms with van der Waals surface area (Å²) in [5, 5.41) is 0. The molecule has 15 heavy (non-hydrogen) atoms. The van der Waals surface area contributed by atoms with Gasteiger partial charge in [0.1, 0.15) is 5.82 Å². The van der Waals surface area contributed by atoms with E-state index in [1.807, 2.05) is 24.3 Å². The summed E-state index contributed by atoms with van der Waals surface area (Å²) in [5.41, 5.74) is 3.48. The zero-order valence-electron chi connectivity index (χ0n) is 7.81. The van der Waals surface area contributed by atoms with Gasteiger partial charge in [-0.25, -0.2) is 15.8 Å². The van der Waals surface area contributed by atoms with E-state index in [-0.39, 0.29) is 0 Å². The summed E-state index contributed by atoms with van der Waals surface area (Å²) < 4.78 is 1.15. The van der Waals surface area contributed by atoms with Crippen molar-refractivity contribution in [2.24, 2.45) is 5.84 Å². The molecule has 3 N–H and O–H groups in total. The Balaban J connectivity index is 2.44. The van der Waals surface area contributed by atoms with Crippen molar-refractivity contribution in [3.63, 3.8) is 0 Å². The van der Waals surface area contributed by atoms with Gasteiger partial charge in [-0.05, 0) is 34.7 Å². The van der Waals surface area contributed by atoms with Crippen LogP contribution in [0.25, 0.3) is 11.4 Å². The van der Waals surface area contributed by atoms with Crippen molar-refractivity contribution < 1.29 is 0 Å². The Labute approximate surface area is 101 Å². The minimum Gasteiger partial charge on any atom is -0.308 e. The Morgan fingerprint density at radius 3 is 2.87 bits per heavy atom. The highest BCUT2D eigenvalue weighted by atomic mass is 127. The first kappa shape index (κ1) is 10.3. The lowest BCUT2D eigenvalue weighted by Crippen LogP contribution is -2.09. The van der Waals surface area contributed by atoms with Crippen LogP contribution in [-0.2, 0) is 0 Å². The molecule has 5 heteroatoms. The minimum atomic E-state index is 0.610. The predicted molar refractivity (Wildman–Crippen MR) is 68.0 cm³/mol. The van der Waals surface area contributed by atoms with Gasteiger partial charge in [0.25, 0.3) is 0 Å². The molecule has 4 nitrogen and oxygen atoms in total. The number of aromatic nitrogens is 2. The number of nitrogens with two attached hydrogens (primary N) is 1. The molecule has 0 radical (unpaired) electrons. The monoisotopic (exact) mass is 312 g/mol. The minimum absolute atomic E-state index is 0.610. The normalized spacial score (nSPS) is 10.0. The van der Waals surface area contributed by atoms with Gasteiger partial charge in [-0.1, -0.05) is 12.1 Å². The molecule has 0 amide bonds. The first-order valence-electron chi connectivity index (χ1n) is 4.35. The number of nitrogen functional groups attached to an aromatic ring is 1. The second kappa shape index (κ2) is 4.54. The Hall–Kier alpha value is -1.21. The summed E-state index contributed by atoms with van der Waals surface area (Å²) in [4.78, 5) is 8.44. The highest BCUT2D eigenvalue weighted by Gasteiger charge is 2.01. The Bertz CT molecular complexity index is 472. The van der Waals surface area contributed by atoms with Gasteiger partial charge in [0.15, 0.2) is 5.82 Å². The van der Waals surface area contributed by atoms with E-state index < -0.39 is 0 Å². The lowest BCUT2D eigenvalue weighted by Gasteiger charge is -2.02. The number of hydrogen-bond donors (Lipinski definition) is 2. The fourth-order valence-corrected chi connectivity index (χ4v) is 1.75. The van der Waals surface area contributed by atoms with Crippen LogP contribution in [0.1, 0.15) is 0 Å². The molecule has 0 saturated carbocycles. The van der Waals surface area contributed by atoms with Gasteiger partial charge in [-0.2, -0.15) is 0 Å². The molecule has 2 aromatic rings. The lowest BCUT2D eigenvalue weighted by atomic mass is 10.2. The molecular weight excluding hydrogens is 303 g/mol. The van der Waals surface area contributed by atoms with E-state index >= 15 is 0 Å². The summed E-state index contributed by atoms with van der Waals surface area (Å²) in [6, 6.07) is 9.71. The van der Waals surface area contributed by atoms with Crippen LogP contribution in [0.5, 0.6) is 0 Å². The standard InChI is InChI=1S/C10H9IN4/c11-8-3-1-2-7(6-8)10-13-5-4-9(14-10)15-12/h1-6H,12H2,(H,13,14,15). The van der Waals surface area contributed by atoms with E-state index in [1.54, 1.807) is 12.3 Å². The zero-order chi connectivity index (χ0) is 10.7. The first-order valence-corrected chi connectivity index (χ1v) is 5.43. The van der Waals surface area contributed by atoms with Gasteiger partial charge >= 0.3 is 0 Å². The lowest BCUT2D eigenvalue weighted by molar-refractivity contribution is 1.14. The van der Waals surface area contributed by atoms with Crippen molar-refractivity contribution in [1.29, 1.82) is 0 Å². The fraction of sp³-hybridized carbons (Fsp3) is 0. The van der Waals surface area contributed by atoms with Crippen molar-refractivity contribution >= 4 is 28.4 Å². The summed E-state index contributed by atoms with van der Waals surface area (Å²) in [6.45, 7) is 0. The average Bonchev–Trinajstić information content (AvgIpc) is 2.29. The van der Waals surface area contributed by atoms with E-state index in [9.17, 15) is 0 Å². The van der Waals surface area contributed by atoms with E-state index in [0.717, 1.165) is 9.13 Å². The van der Waals surface area contributed by atoms with Crippen LogP contribution in [-0.4, -0.2) is 9.97 Å². The third-order valence-electron chi connectivity index (χ3n) is 1.89. The number of anilines is 1. The molecule has 0 fully saturated rings. The van der Waals surface area contributed by atoms with E-state index in [1.165, 1.54) is 0 Å². The van der Waals surface area contributed by atoms with Gasteiger partial charge in [-0.3, -0.25) is 0 Å². The molecular formula is C10H9IN4. The van der Waals surface area contributed by atoms with Crippen molar-refractivity contribution in [2.45, 2.75) is 0 Å². The smallest absolute Gasteiger partial charge is 0.161 e. The fourth-order valence-electron chi connectivity index (χ4n) is 1.21. The van der Waals surface area contributed by atoms with E-state index in [2.05, 4.69) is 38.0 Å². The zero-order valence-corrected chi connectivity index (χ0v) is 9.97. The summed E-state index contributed by atoms with van der Waals surface area (Å²) in [5.74, 6) is 6.57. The molecule has 0 aliphatic rings. The van der Waals surface area contributed by atoms with Crippen LogP contribution in [0.15, 0.2) is 36.5 Å². The maximum Gasteiger partial charge on any atom is 0.161 e. The van der Waals surface area contributed by atoms with Crippen LogP contribution in [0, 0.1) is 3.57 Å². The number of halogens is 1. The first-order chi connectivity index (χ1) is 7.29. The summed E-state index contributed by atoms with van der Waals surface area (Å²) in [7, 11) is 0. The van der Waals surface area contributed by atoms with Crippen molar-refractivity contribution in [2.75, 3.05) is 5.43 Å². The molecule has 0 aliphatic heterocycles. The molecule has 0 atom stereocenters. The average molecular weight is 312 g/mol. The number of nitrogens with zero attached hydrogens (tertiary/aromatic N) is 2. The second-order valence-electron chi connectivity index (χ2n) is 2.92. The summed E-state index contributed by atoms with van der Waals surface area (Å²) in [6.07, 6.45) is 1.68. The van der Waals surface area contributed by atoms with Gasteiger partial charge < -0.3 is 5.43 Å². The number of hydrogen-bond acceptors (Lipinski definition) is 4. The molecule has 76 valence electrons. The van der Waals surface area contributed by atoms with Crippen LogP contribution >= 0.6 is 22.6 Å². The molecule has 0 bridgehead atoms. The Kier molecular flexibility index (Phi) is 3.12. The maximum atomic E-state index is 5.28. The molecule has 0 unspecified atom stereocenters. The van der Waals surface area contributed by atoms with Gasteiger partial charge in [0.05, 0.1) is 0 Å². The van der Waals surface area contributed by atoms with Gasteiger partial charge in [0.2, 0.25) is 0 Å². The number of benzene rings is 1. The third-order valence-corrected chi connectivity index (χ3v) is 2.56. The molecule has 1 heterocycles. The summed E-state index contributed by atoms with van der Waals surface area (Å²) >= 11 is 2.25. The van der Waals surface area contributed by atoms with Crippen LogP contribution in [0.3, 0.4) is 0 Å². The molecule has 0 aliphatic carbocycles. The third kappa shape index (κ3) is 2.42. The largest absolute Gasteiger partial charge is 0.308 e. The Morgan fingerprint density at radius 2 is 2.13 bits per heavy atom. The molecule has 0 saturated heterocycles. The SMILES string of the molecule is NNc1ccnc(-c2cccc(I)c2)n1. The quantitative estimate of drug-likeness (QED) is 0.506. The van der Waals surface area contributed by atoms with E-state index in [4.69, 9.17) is 5.84 Å². The van der Waals surface area contributed by atoms with Crippen molar-refractivity contribution in [3.8, 4) is 11.4 Å². The second-order valence-corrected chi connectivity index (χ2v) is 4.17. The molecule has 1 aromatic carbocycles. The molecule has 2 rings (SSSR count). The highest BCUT2D eigenvalue weighted by molar-refractivity contribution is 14.1. The number of rotatable bonds is 2. The van der Waals surface area contributed by atoms with Crippen molar-refractivity contribution in [3.05, 3.63) is 40.1 Å².